The molecule has 0 N–H and O–H groups in total. The fraction of sp³-hybridized carbons (Fsp3) is 0.300. The summed E-state index contributed by atoms with van der Waals surface area (Å²) in [7, 11) is 1.02. The Morgan fingerprint density at radius 1 is 1.38 bits per heavy atom. The number of carbonyl (C=O) groups excluding carboxylic acids is 1. The van der Waals surface area contributed by atoms with Crippen LogP contribution >= 0.6 is 0 Å². The van der Waals surface area contributed by atoms with E-state index in [9.17, 15) is 22.4 Å². The molecular formula is C10H8F4O2. The van der Waals surface area contributed by atoms with Gasteiger partial charge in [-0.3, -0.25) is 4.79 Å². The Morgan fingerprint density at radius 2 is 2.00 bits per heavy atom. The highest BCUT2D eigenvalue weighted by Crippen LogP contribution is 2.33. The quantitative estimate of drug-likeness (QED) is 0.582. The average molecular weight is 236 g/mol. The molecule has 0 fully saturated rings. The Balaban J connectivity index is 3.19. The molecular weight excluding hydrogens is 228 g/mol. The summed E-state index contributed by atoms with van der Waals surface area (Å²) in [6, 6.07) is 2.54. The summed E-state index contributed by atoms with van der Waals surface area (Å²) in [5, 5.41) is 0. The van der Waals surface area contributed by atoms with Crippen molar-refractivity contribution in [1.82, 2.24) is 0 Å². The zero-order valence-electron chi connectivity index (χ0n) is 8.27. The highest BCUT2D eigenvalue weighted by atomic mass is 19.4. The Morgan fingerprint density at radius 3 is 2.50 bits per heavy atom. The van der Waals surface area contributed by atoms with Gasteiger partial charge < -0.3 is 4.74 Å². The fourth-order valence-corrected chi connectivity index (χ4v) is 1.22. The summed E-state index contributed by atoms with van der Waals surface area (Å²) in [5.74, 6) is -1.99. The lowest BCUT2D eigenvalue weighted by Crippen LogP contribution is -2.15. The zero-order valence-corrected chi connectivity index (χ0v) is 8.27. The number of methoxy groups -OCH3 is 1. The van der Waals surface area contributed by atoms with Gasteiger partial charge in [0.1, 0.15) is 5.82 Å². The van der Waals surface area contributed by atoms with Gasteiger partial charge in [-0.1, -0.05) is 6.07 Å². The molecule has 0 saturated heterocycles. The topological polar surface area (TPSA) is 26.3 Å². The van der Waals surface area contributed by atoms with Gasteiger partial charge in [-0.05, 0) is 12.1 Å². The first-order chi connectivity index (χ1) is 7.36. The molecule has 6 heteroatoms. The summed E-state index contributed by atoms with van der Waals surface area (Å²) in [6.07, 6.45) is -5.43. The van der Waals surface area contributed by atoms with Crippen molar-refractivity contribution in [1.29, 1.82) is 0 Å². The summed E-state index contributed by atoms with van der Waals surface area (Å²) < 4.78 is 54.8. The van der Waals surface area contributed by atoms with E-state index in [1.54, 1.807) is 0 Å². The summed E-state index contributed by atoms with van der Waals surface area (Å²) in [6.45, 7) is 0. The first-order valence-electron chi connectivity index (χ1n) is 4.27. The predicted octanol–water partition coefficient (Wildman–Crippen LogP) is 2.56. The number of alkyl halides is 3. The Labute approximate surface area is 88.8 Å². The molecule has 0 spiro atoms. The van der Waals surface area contributed by atoms with Gasteiger partial charge in [0, 0.05) is 5.56 Å². The highest BCUT2D eigenvalue weighted by Gasteiger charge is 2.34. The number of rotatable bonds is 2. The van der Waals surface area contributed by atoms with Gasteiger partial charge in [-0.2, -0.15) is 13.2 Å². The minimum Gasteiger partial charge on any atom is -0.469 e. The van der Waals surface area contributed by atoms with Crippen molar-refractivity contribution in [2.24, 2.45) is 0 Å². The van der Waals surface area contributed by atoms with E-state index in [4.69, 9.17) is 0 Å². The molecule has 1 rings (SSSR count). The van der Waals surface area contributed by atoms with Crippen LogP contribution in [0, 0.1) is 5.82 Å². The van der Waals surface area contributed by atoms with Crippen LogP contribution in [0.1, 0.15) is 11.1 Å². The molecule has 0 atom stereocenters. The molecule has 0 amide bonds. The molecule has 0 aliphatic heterocycles. The molecule has 0 aromatic heterocycles. The molecule has 0 unspecified atom stereocenters. The van der Waals surface area contributed by atoms with Gasteiger partial charge in [-0.25, -0.2) is 4.39 Å². The van der Waals surface area contributed by atoms with Crippen molar-refractivity contribution in [3.63, 3.8) is 0 Å². The second kappa shape index (κ2) is 4.51. The van der Waals surface area contributed by atoms with Crippen LogP contribution in [-0.4, -0.2) is 13.1 Å². The SMILES string of the molecule is COC(=O)Cc1c(F)cccc1C(F)(F)F. The van der Waals surface area contributed by atoms with Crippen molar-refractivity contribution < 1.29 is 27.1 Å². The third kappa shape index (κ3) is 2.71. The largest absolute Gasteiger partial charge is 0.469 e. The lowest BCUT2D eigenvalue weighted by atomic mass is 10.0. The maximum atomic E-state index is 13.2. The second-order valence-corrected chi connectivity index (χ2v) is 3.02. The molecule has 0 heterocycles. The molecule has 0 aliphatic rings. The van der Waals surface area contributed by atoms with Gasteiger partial charge in [-0.15, -0.1) is 0 Å². The molecule has 0 aliphatic carbocycles. The lowest BCUT2D eigenvalue weighted by Gasteiger charge is -2.12. The van der Waals surface area contributed by atoms with E-state index in [1.165, 1.54) is 0 Å². The Hall–Kier alpha value is -1.59. The molecule has 88 valence electrons. The van der Waals surface area contributed by atoms with E-state index < -0.39 is 35.5 Å². The third-order valence-corrected chi connectivity index (χ3v) is 1.97. The molecule has 1 aromatic rings. The van der Waals surface area contributed by atoms with Gasteiger partial charge >= 0.3 is 12.1 Å². The Bertz CT molecular complexity index is 398. The van der Waals surface area contributed by atoms with Crippen LogP contribution < -0.4 is 0 Å². The summed E-state index contributed by atoms with van der Waals surface area (Å²) >= 11 is 0. The minimum absolute atomic E-state index is 0.693. The van der Waals surface area contributed by atoms with Crippen LogP contribution in [0.4, 0.5) is 17.6 Å². The number of benzene rings is 1. The van der Waals surface area contributed by atoms with E-state index in [0.29, 0.717) is 0 Å². The van der Waals surface area contributed by atoms with Crippen molar-refractivity contribution in [3.8, 4) is 0 Å². The highest BCUT2D eigenvalue weighted by molar-refractivity contribution is 5.73. The first-order valence-corrected chi connectivity index (χ1v) is 4.27. The third-order valence-electron chi connectivity index (χ3n) is 1.97. The van der Waals surface area contributed by atoms with Gasteiger partial charge in [0.05, 0.1) is 19.1 Å². The predicted molar refractivity (Wildman–Crippen MR) is 47.1 cm³/mol. The second-order valence-electron chi connectivity index (χ2n) is 3.02. The van der Waals surface area contributed by atoms with E-state index in [-0.39, 0.29) is 0 Å². The average Bonchev–Trinajstić information content (AvgIpc) is 2.19. The van der Waals surface area contributed by atoms with Crippen LogP contribution in [0.25, 0.3) is 0 Å². The van der Waals surface area contributed by atoms with Gasteiger partial charge in [0.25, 0.3) is 0 Å². The zero-order chi connectivity index (χ0) is 12.3. The summed E-state index contributed by atoms with van der Waals surface area (Å²) in [5.41, 5.74) is -1.85. The van der Waals surface area contributed by atoms with Crippen molar-refractivity contribution >= 4 is 5.97 Å². The number of ether oxygens (including phenoxy) is 1. The first kappa shape index (κ1) is 12.5. The minimum atomic E-state index is -4.69. The number of halogens is 4. The monoisotopic (exact) mass is 236 g/mol. The standard InChI is InChI=1S/C10H8F4O2/c1-16-9(15)5-6-7(10(12,13)14)3-2-4-8(6)11/h2-4H,5H2,1H3. The Kier molecular flexibility index (Phi) is 3.51. The van der Waals surface area contributed by atoms with Crippen molar-refractivity contribution in [2.75, 3.05) is 7.11 Å². The van der Waals surface area contributed by atoms with Crippen LogP contribution in [0.3, 0.4) is 0 Å². The lowest BCUT2D eigenvalue weighted by molar-refractivity contribution is -0.141. The van der Waals surface area contributed by atoms with Gasteiger partial charge in [0.2, 0.25) is 0 Å². The smallest absolute Gasteiger partial charge is 0.416 e. The maximum Gasteiger partial charge on any atom is 0.416 e. The maximum absolute atomic E-state index is 13.2. The molecule has 0 saturated carbocycles. The normalized spacial score (nSPS) is 11.3. The number of hydrogen-bond acceptors (Lipinski definition) is 2. The van der Waals surface area contributed by atoms with E-state index in [2.05, 4.69) is 4.74 Å². The number of hydrogen-bond donors (Lipinski definition) is 0. The molecule has 1 aromatic carbocycles. The van der Waals surface area contributed by atoms with Crippen LogP contribution in [0.15, 0.2) is 18.2 Å². The fourth-order valence-electron chi connectivity index (χ4n) is 1.22. The number of esters is 1. The van der Waals surface area contributed by atoms with E-state index >= 15 is 0 Å². The molecule has 0 bridgehead atoms. The van der Waals surface area contributed by atoms with Crippen LogP contribution in [0.5, 0.6) is 0 Å². The van der Waals surface area contributed by atoms with Gasteiger partial charge in [0.15, 0.2) is 0 Å². The van der Waals surface area contributed by atoms with Crippen molar-refractivity contribution in [3.05, 3.63) is 35.1 Å². The molecule has 0 radical (unpaired) electrons. The van der Waals surface area contributed by atoms with Crippen molar-refractivity contribution in [2.45, 2.75) is 12.6 Å². The van der Waals surface area contributed by atoms with Crippen LogP contribution in [0.2, 0.25) is 0 Å². The van der Waals surface area contributed by atoms with E-state index in [0.717, 1.165) is 25.3 Å². The van der Waals surface area contributed by atoms with E-state index in [1.807, 2.05) is 0 Å². The number of carbonyl (C=O) groups is 1. The van der Waals surface area contributed by atoms with Crippen LogP contribution in [-0.2, 0) is 22.1 Å². The molecule has 16 heavy (non-hydrogen) atoms. The summed E-state index contributed by atoms with van der Waals surface area (Å²) in [4.78, 5) is 10.9. The molecule has 2 nitrogen and oxygen atoms in total.